The van der Waals surface area contributed by atoms with E-state index < -0.39 is 0 Å². The molecule has 0 spiro atoms. The van der Waals surface area contributed by atoms with Crippen molar-refractivity contribution in [3.8, 4) is 0 Å². The predicted molar refractivity (Wildman–Crippen MR) is 66.0 cm³/mol. The molecule has 1 aliphatic carbocycles. The molecule has 3 heteroatoms. The first-order valence-corrected chi connectivity index (χ1v) is 6.37. The van der Waals surface area contributed by atoms with Crippen molar-refractivity contribution in [1.82, 2.24) is 9.55 Å². The van der Waals surface area contributed by atoms with Gasteiger partial charge in [0.2, 0.25) is 0 Å². The van der Waals surface area contributed by atoms with Crippen LogP contribution in [0, 0.1) is 11.8 Å². The highest BCUT2D eigenvalue weighted by molar-refractivity contribution is 5.05. The van der Waals surface area contributed by atoms with Crippen molar-refractivity contribution in [1.29, 1.82) is 0 Å². The van der Waals surface area contributed by atoms with Crippen LogP contribution in [0.2, 0.25) is 0 Å². The molecule has 16 heavy (non-hydrogen) atoms. The van der Waals surface area contributed by atoms with Crippen molar-refractivity contribution in [3.63, 3.8) is 0 Å². The maximum absolute atomic E-state index is 5.97. The van der Waals surface area contributed by atoms with E-state index in [1.165, 1.54) is 25.0 Å². The summed E-state index contributed by atoms with van der Waals surface area (Å²) in [6.07, 6.45) is 7.71. The van der Waals surface area contributed by atoms with Gasteiger partial charge in [-0.25, -0.2) is 4.98 Å². The lowest BCUT2D eigenvalue weighted by Gasteiger charge is -2.34. The van der Waals surface area contributed by atoms with Crippen LogP contribution in [0.1, 0.15) is 57.8 Å². The molecule has 1 heterocycles. The third-order valence-corrected chi connectivity index (χ3v) is 4.13. The Hall–Kier alpha value is -0.830. The van der Waals surface area contributed by atoms with E-state index in [1.54, 1.807) is 0 Å². The van der Waals surface area contributed by atoms with E-state index in [0.29, 0.717) is 6.04 Å². The number of imidazole rings is 1. The maximum atomic E-state index is 5.97. The highest BCUT2D eigenvalue weighted by Gasteiger charge is 2.26. The third kappa shape index (κ3) is 2.14. The van der Waals surface area contributed by atoms with Gasteiger partial charge in [0.1, 0.15) is 0 Å². The first kappa shape index (κ1) is 11.6. The fourth-order valence-electron chi connectivity index (χ4n) is 2.74. The van der Waals surface area contributed by atoms with Crippen LogP contribution >= 0.6 is 0 Å². The average Bonchev–Trinajstić information content (AvgIpc) is 2.71. The zero-order chi connectivity index (χ0) is 11.7. The first-order valence-electron chi connectivity index (χ1n) is 6.37. The van der Waals surface area contributed by atoms with E-state index in [2.05, 4.69) is 23.4 Å². The van der Waals surface area contributed by atoms with Crippen LogP contribution < -0.4 is 5.73 Å². The smallest absolute Gasteiger partial charge is 0.0951 e. The van der Waals surface area contributed by atoms with Gasteiger partial charge in [-0.2, -0.15) is 0 Å². The summed E-state index contributed by atoms with van der Waals surface area (Å²) in [5.41, 5.74) is 7.14. The average molecular weight is 221 g/mol. The fourth-order valence-corrected chi connectivity index (χ4v) is 2.74. The Kier molecular flexibility index (Phi) is 3.33. The topological polar surface area (TPSA) is 43.8 Å². The SMILES string of the molecule is CC1CCC(n2cncc2[C@H](C)N)CC1C. The zero-order valence-corrected chi connectivity index (χ0v) is 10.6. The first-order chi connectivity index (χ1) is 7.59. The van der Waals surface area contributed by atoms with Gasteiger partial charge in [0.05, 0.1) is 12.0 Å². The lowest BCUT2D eigenvalue weighted by molar-refractivity contribution is 0.207. The van der Waals surface area contributed by atoms with Gasteiger partial charge < -0.3 is 10.3 Å². The quantitative estimate of drug-likeness (QED) is 0.834. The summed E-state index contributed by atoms with van der Waals surface area (Å²) in [6, 6.07) is 0.687. The second kappa shape index (κ2) is 4.58. The van der Waals surface area contributed by atoms with Gasteiger partial charge in [-0.1, -0.05) is 13.8 Å². The minimum atomic E-state index is 0.0807. The number of hydrogen-bond donors (Lipinski definition) is 1. The Balaban J connectivity index is 2.15. The largest absolute Gasteiger partial charge is 0.330 e. The Labute approximate surface area is 98.1 Å². The van der Waals surface area contributed by atoms with Gasteiger partial charge in [-0.15, -0.1) is 0 Å². The molecule has 0 saturated heterocycles. The molecule has 2 N–H and O–H groups in total. The van der Waals surface area contributed by atoms with E-state index in [1.807, 2.05) is 19.4 Å². The van der Waals surface area contributed by atoms with Crippen LogP contribution in [0.15, 0.2) is 12.5 Å². The van der Waals surface area contributed by atoms with Crippen LogP contribution in [-0.2, 0) is 0 Å². The number of nitrogens with two attached hydrogens (primary N) is 1. The standard InChI is InChI=1S/C13H23N3/c1-9-4-5-12(6-10(9)2)16-8-15-7-13(16)11(3)14/h7-12H,4-6,14H2,1-3H3/t9?,10?,11-,12?/m0/s1. The Bertz CT molecular complexity index is 343. The zero-order valence-electron chi connectivity index (χ0n) is 10.6. The van der Waals surface area contributed by atoms with E-state index >= 15 is 0 Å². The molecule has 2 rings (SSSR count). The van der Waals surface area contributed by atoms with Crippen molar-refractivity contribution in [3.05, 3.63) is 18.2 Å². The molecule has 0 bridgehead atoms. The molecule has 0 radical (unpaired) electrons. The molecule has 3 unspecified atom stereocenters. The lowest BCUT2D eigenvalue weighted by Crippen LogP contribution is -2.25. The highest BCUT2D eigenvalue weighted by Crippen LogP contribution is 2.37. The van der Waals surface area contributed by atoms with Crippen LogP contribution in [0.3, 0.4) is 0 Å². The normalized spacial score (nSPS) is 32.6. The Morgan fingerprint density at radius 3 is 2.75 bits per heavy atom. The summed E-state index contributed by atoms with van der Waals surface area (Å²) in [5.74, 6) is 1.67. The molecule has 0 aromatic carbocycles. The van der Waals surface area contributed by atoms with Gasteiger partial charge in [-0.3, -0.25) is 0 Å². The molecular weight excluding hydrogens is 198 g/mol. The minimum Gasteiger partial charge on any atom is -0.330 e. The third-order valence-electron chi connectivity index (χ3n) is 4.13. The molecule has 1 fully saturated rings. The highest BCUT2D eigenvalue weighted by atomic mass is 15.1. The van der Waals surface area contributed by atoms with Crippen molar-refractivity contribution >= 4 is 0 Å². The Morgan fingerprint density at radius 1 is 1.38 bits per heavy atom. The summed E-state index contributed by atoms with van der Waals surface area (Å²) in [7, 11) is 0. The van der Waals surface area contributed by atoms with Crippen LogP contribution in [0.4, 0.5) is 0 Å². The van der Waals surface area contributed by atoms with Gasteiger partial charge in [-0.05, 0) is 38.0 Å². The molecule has 1 aromatic heterocycles. The second-order valence-electron chi connectivity index (χ2n) is 5.44. The van der Waals surface area contributed by atoms with Gasteiger partial charge in [0.25, 0.3) is 0 Å². The van der Waals surface area contributed by atoms with Gasteiger partial charge >= 0.3 is 0 Å². The molecule has 90 valence electrons. The van der Waals surface area contributed by atoms with E-state index in [0.717, 1.165) is 11.8 Å². The number of rotatable bonds is 2. The molecular formula is C13H23N3. The second-order valence-corrected chi connectivity index (χ2v) is 5.44. The number of aromatic nitrogens is 2. The maximum Gasteiger partial charge on any atom is 0.0951 e. The van der Waals surface area contributed by atoms with Crippen molar-refractivity contribution in [2.75, 3.05) is 0 Å². The lowest BCUT2D eigenvalue weighted by atomic mass is 9.79. The van der Waals surface area contributed by atoms with Crippen LogP contribution in [0.5, 0.6) is 0 Å². The molecule has 3 nitrogen and oxygen atoms in total. The predicted octanol–water partition coefficient (Wildman–Crippen LogP) is 2.90. The molecule has 1 aliphatic rings. The van der Waals surface area contributed by atoms with E-state index in [9.17, 15) is 0 Å². The van der Waals surface area contributed by atoms with E-state index in [-0.39, 0.29) is 6.04 Å². The summed E-state index contributed by atoms with van der Waals surface area (Å²) < 4.78 is 2.30. The number of nitrogens with zero attached hydrogens (tertiary/aromatic N) is 2. The molecule has 1 aromatic rings. The summed E-state index contributed by atoms with van der Waals surface area (Å²) in [6.45, 7) is 6.75. The summed E-state index contributed by atoms with van der Waals surface area (Å²) >= 11 is 0. The van der Waals surface area contributed by atoms with Crippen LogP contribution in [0.25, 0.3) is 0 Å². The van der Waals surface area contributed by atoms with Gasteiger partial charge in [0.15, 0.2) is 0 Å². The Morgan fingerprint density at radius 2 is 2.12 bits per heavy atom. The fraction of sp³-hybridized carbons (Fsp3) is 0.769. The number of hydrogen-bond acceptors (Lipinski definition) is 2. The molecule has 0 aliphatic heterocycles. The molecule has 0 amide bonds. The van der Waals surface area contributed by atoms with Crippen molar-refractivity contribution < 1.29 is 0 Å². The summed E-state index contributed by atoms with van der Waals surface area (Å²) in [4.78, 5) is 4.25. The van der Waals surface area contributed by atoms with Crippen molar-refractivity contribution in [2.45, 2.75) is 52.1 Å². The van der Waals surface area contributed by atoms with Crippen molar-refractivity contribution in [2.24, 2.45) is 17.6 Å². The molecule has 1 saturated carbocycles. The van der Waals surface area contributed by atoms with Crippen LogP contribution in [-0.4, -0.2) is 9.55 Å². The minimum absolute atomic E-state index is 0.0807. The molecule has 4 atom stereocenters. The van der Waals surface area contributed by atoms with E-state index in [4.69, 9.17) is 5.73 Å². The van der Waals surface area contributed by atoms with Gasteiger partial charge in [0, 0.05) is 18.3 Å². The monoisotopic (exact) mass is 221 g/mol. The summed E-state index contributed by atoms with van der Waals surface area (Å²) in [5, 5.41) is 0.